The topological polar surface area (TPSA) is 56.3 Å². The van der Waals surface area contributed by atoms with Gasteiger partial charge in [-0.2, -0.15) is 0 Å². The maximum atomic E-state index is 10.7. The fraction of sp³-hybridized carbons (Fsp3) is 0.500. The lowest BCUT2D eigenvalue weighted by Crippen LogP contribution is -2.21. The van der Waals surface area contributed by atoms with Gasteiger partial charge in [0, 0.05) is 6.54 Å². The summed E-state index contributed by atoms with van der Waals surface area (Å²) in [5.74, 6) is -0.929. The highest BCUT2D eigenvalue weighted by atomic mass is 79.9. The molecule has 5 heteroatoms. The molecule has 0 saturated heterocycles. The fourth-order valence-electron chi connectivity index (χ4n) is 1.39. The molecule has 0 aliphatic heterocycles. The first-order valence-corrected chi connectivity index (χ1v) is 5.70. The lowest BCUT2D eigenvalue weighted by molar-refractivity contribution is 0.0691. The first kappa shape index (κ1) is 12.3. The van der Waals surface area contributed by atoms with Crippen molar-refractivity contribution in [2.24, 2.45) is 0 Å². The van der Waals surface area contributed by atoms with Crippen LogP contribution >= 0.6 is 15.9 Å². The number of nitrogens with zero attached hydrogens (tertiary/aromatic N) is 1. The monoisotopic (exact) mass is 274 g/mol. The number of rotatable bonds is 5. The van der Waals surface area contributed by atoms with Crippen LogP contribution in [0.2, 0.25) is 0 Å². The van der Waals surface area contributed by atoms with E-state index in [0.717, 1.165) is 29.8 Å². The van der Waals surface area contributed by atoms with E-state index in [1.165, 1.54) is 0 Å². The van der Waals surface area contributed by atoms with Gasteiger partial charge in [-0.15, -0.1) is 0 Å². The Morgan fingerprint density at radius 1 is 1.53 bits per heavy atom. The average molecular weight is 275 g/mol. The van der Waals surface area contributed by atoms with Crippen LogP contribution in [-0.2, 0) is 6.54 Å². The SMILES string of the molecule is CCN(CC)Cc1cc(C(=O)O)[nH]c1Br. The molecule has 1 rings (SSSR count). The first-order valence-electron chi connectivity index (χ1n) is 4.91. The smallest absolute Gasteiger partial charge is 0.352 e. The van der Waals surface area contributed by atoms with Gasteiger partial charge in [0.05, 0.1) is 4.60 Å². The standard InChI is InChI=1S/C10H15BrN2O2/c1-3-13(4-2)6-7-5-8(10(14)15)12-9(7)11/h5,12H,3-4,6H2,1-2H3,(H,14,15). The van der Waals surface area contributed by atoms with Crippen LogP contribution in [0.3, 0.4) is 0 Å². The van der Waals surface area contributed by atoms with Crippen molar-refractivity contribution in [3.63, 3.8) is 0 Å². The zero-order chi connectivity index (χ0) is 11.4. The maximum absolute atomic E-state index is 10.7. The van der Waals surface area contributed by atoms with Crippen molar-refractivity contribution in [3.8, 4) is 0 Å². The zero-order valence-corrected chi connectivity index (χ0v) is 10.5. The van der Waals surface area contributed by atoms with E-state index in [0.29, 0.717) is 0 Å². The Morgan fingerprint density at radius 3 is 2.53 bits per heavy atom. The van der Waals surface area contributed by atoms with Gasteiger partial charge in [0.25, 0.3) is 0 Å². The van der Waals surface area contributed by atoms with Crippen LogP contribution in [0, 0.1) is 0 Å². The molecule has 0 amide bonds. The van der Waals surface area contributed by atoms with Crippen molar-refractivity contribution in [1.29, 1.82) is 0 Å². The van der Waals surface area contributed by atoms with Gasteiger partial charge in [-0.25, -0.2) is 4.79 Å². The fourth-order valence-corrected chi connectivity index (χ4v) is 1.84. The predicted octanol–water partition coefficient (Wildman–Crippen LogP) is 2.32. The molecule has 1 aromatic heterocycles. The molecule has 0 atom stereocenters. The van der Waals surface area contributed by atoms with E-state index in [1.807, 2.05) is 0 Å². The Balaban J connectivity index is 2.81. The van der Waals surface area contributed by atoms with Crippen LogP contribution in [0.1, 0.15) is 29.9 Å². The summed E-state index contributed by atoms with van der Waals surface area (Å²) in [6, 6.07) is 1.67. The van der Waals surface area contributed by atoms with Gasteiger partial charge in [0.2, 0.25) is 0 Å². The second-order valence-electron chi connectivity index (χ2n) is 3.29. The number of H-pyrrole nitrogens is 1. The van der Waals surface area contributed by atoms with Gasteiger partial charge in [0.1, 0.15) is 5.69 Å². The first-order chi connectivity index (χ1) is 7.08. The lowest BCUT2D eigenvalue weighted by atomic mass is 10.3. The second-order valence-corrected chi connectivity index (χ2v) is 4.08. The molecule has 0 aliphatic carbocycles. The van der Waals surface area contributed by atoms with Gasteiger partial charge in [0.15, 0.2) is 0 Å². The molecule has 0 unspecified atom stereocenters. The van der Waals surface area contributed by atoms with Crippen molar-refractivity contribution in [3.05, 3.63) is 21.9 Å². The molecule has 84 valence electrons. The third kappa shape index (κ3) is 3.07. The van der Waals surface area contributed by atoms with Gasteiger partial charge >= 0.3 is 5.97 Å². The van der Waals surface area contributed by atoms with E-state index in [1.54, 1.807) is 6.07 Å². The summed E-state index contributed by atoms with van der Waals surface area (Å²) < 4.78 is 0.756. The normalized spacial score (nSPS) is 10.9. The minimum absolute atomic E-state index is 0.226. The predicted molar refractivity (Wildman–Crippen MR) is 62.1 cm³/mol. The molecule has 0 aliphatic rings. The van der Waals surface area contributed by atoms with E-state index < -0.39 is 5.97 Å². The number of nitrogens with one attached hydrogen (secondary N) is 1. The minimum Gasteiger partial charge on any atom is -0.477 e. The number of carboxylic acid groups (broad SMARTS) is 1. The van der Waals surface area contributed by atoms with Gasteiger partial charge < -0.3 is 10.1 Å². The number of aromatic amines is 1. The number of aromatic nitrogens is 1. The van der Waals surface area contributed by atoms with E-state index in [2.05, 4.69) is 39.7 Å². The molecule has 15 heavy (non-hydrogen) atoms. The molecule has 0 aromatic carbocycles. The van der Waals surface area contributed by atoms with Gasteiger partial charge in [-0.05, 0) is 40.6 Å². The molecular weight excluding hydrogens is 260 g/mol. The number of carbonyl (C=O) groups is 1. The molecule has 1 heterocycles. The summed E-state index contributed by atoms with van der Waals surface area (Å²) in [4.78, 5) is 15.7. The Morgan fingerprint density at radius 2 is 2.13 bits per heavy atom. The van der Waals surface area contributed by atoms with Crippen molar-refractivity contribution >= 4 is 21.9 Å². The molecule has 0 bridgehead atoms. The Hall–Kier alpha value is -0.810. The zero-order valence-electron chi connectivity index (χ0n) is 8.88. The number of halogens is 1. The summed E-state index contributed by atoms with van der Waals surface area (Å²) in [5, 5.41) is 8.81. The summed E-state index contributed by atoms with van der Waals surface area (Å²) in [7, 11) is 0. The van der Waals surface area contributed by atoms with E-state index in [9.17, 15) is 4.79 Å². The van der Waals surface area contributed by atoms with Crippen LogP contribution in [0.25, 0.3) is 0 Å². The molecule has 0 saturated carbocycles. The Bertz CT molecular complexity index is 345. The van der Waals surface area contributed by atoms with Crippen LogP contribution in [-0.4, -0.2) is 34.0 Å². The summed E-state index contributed by atoms with van der Waals surface area (Å²) in [5.41, 5.74) is 1.21. The molecule has 1 aromatic rings. The van der Waals surface area contributed by atoms with Crippen molar-refractivity contribution in [2.75, 3.05) is 13.1 Å². The summed E-state index contributed by atoms with van der Waals surface area (Å²) >= 11 is 3.33. The summed E-state index contributed by atoms with van der Waals surface area (Å²) in [6.07, 6.45) is 0. The van der Waals surface area contributed by atoms with Crippen LogP contribution in [0.4, 0.5) is 0 Å². The number of hydrogen-bond donors (Lipinski definition) is 2. The highest BCUT2D eigenvalue weighted by Crippen LogP contribution is 2.19. The van der Waals surface area contributed by atoms with Crippen LogP contribution in [0.15, 0.2) is 10.7 Å². The number of aromatic carboxylic acids is 1. The Labute approximate surface area is 97.4 Å². The van der Waals surface area contributed by atoms with Crippen molar-refractivity contribution < 1.29 is 9.90 Å². The molecule has 2 N–H and O–H groups in total. The highest BCUT2D eigenvalue weighted by molar-refractivity contribution is 9.10. The lowest BCUT2D eigenvalue weighted by Gasteiger charge is -2.17. The number of hydrogen-bond acceptors (Lipinski definition) is 2. The van der Waals surface area contributed by atoms with Crippen LogP contribution in [0.5, 0.6) is 0 Å². The van der Waals surface area contributed by atoms with Crippen molar-refractivity contribution in [2.45, 2.75) is 20.4 Å². The van der Waals surface area contributed by atoms with E-state index in [4.69, 9.17) is 5.11 Å². The molecular formula is C10H15BrN2O2. The molecule has 0 fully saturated rings. The minimum atomic E-state index is -0.929. The summed E-state index contributed by atoms with van der Waals surface area (Å²) in [6.45, 7) is 6.84. The van der Waals surface area contributed by atoms with Gasteiger partial charge in [-0.1, -0.05) is 13.8 Å². The average Bonchev–Trinajstić information content (AvgIpc) is 2.56. The molecule has 0 spiro atoms. The third-order valence-electron chi connectivity index (χ3n) is 2.36. The highest BCUT2D eigenvalue weighted by Gasteiger charge is 2.12. The maximum Gasteiger partial charge on any atom is 0.352 e. The Kier molecular flexibility index (Phi) is 4.35. The number of carboxylic acids is 1. The van der Waals surface area contributed by atoms with E-state index >= 15 is 0 Å². The molecule has 0 radical (unpaired) electrons. The second kappa shape index (κ2) is 5.32. The quantitative estimate of drug-likeness (QED) is 0.867. The van der Waals surface area contributed by atoms with Gasteiger partial charge in [-0.3, -0.25) is 4.90 Å². The van der Waals surface area contributed by atoms with Crippen LogP contribution < -0.4 is 0 Å². The third-order valence-corrected chi connectivity index (χ3v) is 3.07. The van der Waals surface area contributed by atoms with E-state index in [-0.39, 0.29) is 5.69 Å². The van der Waals surface area contributed by atoms with Crippen molar-refractivity contribution in [1.82, 2.24) is 9.88 Å². The largest absolute Gasteiger partial charge is 0.477 e. The molecule has 4 nitrogen and oxygen atoms in total.